The summed E-state index contributed by atoms with van der Waals surface area (Å²) < 4.78 is 5.80. The third kappa shape index (κ3) is 3.97. The van der Waals surface area contributed by atoms with E-state index < -0.39 is 5.54 Å². The summed E-state index contributed by atoms with van der Waals surface area (Å²) in [5.74, 6) is 1.13. The van der Waals surface area contributed by atoms with Crippen molar-refractivity contribution in [3.63, 3.8) is 0 Å². The molecule has 1 aliphatic carbocycles. The van der Waals surface area contributed by atoms with Gasteiger partial charge in [0.05, 0.1) is 12.7 Å². The molecule has 1 unspecified atom stereocenters. The van der Waals surface area contributed by atoms with Crippen LogP contribution in [0.25, 0.3) is 0 Å². The van der Waals surface area contributed by atoms with Crippen molar-refractivity contribution in [1.29, 1.82) is 5.26 Å². The molecule has 0 aromatic heterocycles. The van der Waals surface area contributed by atoms with Gasteiger partial charge in [-0.2, -0.15) is 5.26 Å². The van der Waals surface area contributed by atoms with E-state index in [4.69, 9.17) is 4.74 Å². The Hall–Kier alpha value is -0.590. The lowest BCUT2D eigenvalue weighted by atomic mass is 9.96. The molecule has 0 heterocycles. The standard InChI is InChI=1S/C14H26N2O/c1-4-12(5-2)9-17-11-14(10-15,16-6-3)13-7-8-13/h12-13,16H,4-9,11H2,1-3H3. The fourth-order valence-corrected chi connectivity index (χ4v) is 2.28. The monoisotopic (exact) mass is 238 g/mol. The predicted molar refractivity (Wildman–Crippen MR) is 69.6 cm³/mol. The van der Waals surface area contributed by atoms with E-state index in [1.807, 2.05) is 0 Å². The van der Waals surface area contributed by atoms with Crippen molar-refractivity contribution in [2.75, 3.05) is 19.8 Å². The van der Waals surface area contributed by atoms with E-state index in [2.05, 4.69) is 32.2 Å². The van der Waals surface area contributed by atoms with E-state index in [1.165, 1.54) is 0 Å². The summed E-state index contributed by atoms with van der Waals surface area (Å²) in [7, 11) is 0. The molecule has 0 amide bonds. The van der Waals surface area contributed by atoms with Crippen LogP contribution in [0.3, 0.4) is 0 Å². The van der Waals surface area contributed by atoms with E-state index in [-0.39, 0.29) is 0 Å². The van der Waals surface area contributed by atoms with Gasteiger partial charge in [-0.1, -0.05) is 33.6 Å². The molecule has 1 fully saturated rings. The second-order valence-corrected chi connectivity index (χ2v) is 5.09. The van der Waals surface area contributed by atoms with E-state index >= 15 is 0 Å². The highest BCUT2D eigenvalue weighted by Crippen LogP contribution is 2.39. The van der Waals surface area contributed by atoms with Crippen molar-refractivity contribution >= 4 is 0 Å². The van der Waals surface area contributed by atoms with Crippen LogP contribution in [0.2, 0.25) is 0 Å². The summed E-state index contributed by atoms with van der Waals surface area (Å²) >= 11 is 0. The van der Waals surface area contributed by atoms with Gasteiger partial charge in [0.25, 0.3) is 0 Å². The number of nitriles is 1. The zero-order valence-electron chi connectivity index (χ0n) is 11.5. The number of hydrogen-bond acceptors (Lipinski definition) is 3. The SMILES string of the molecule is CCNC(C#N)(COCC(CC)CC)C1CC1. The minimum absolute atomic E-state index is 0.430. The van der Waals surface area contributed by atoms with Gasteiger partial charge in [0.2, 0.25) is 0 Å². The first-order valence-corrected chi connectivity index (χ1v) is 6.96. The quantitative estimate of drug-likeness (QED) is 0.672. The van der Waals surface area contributed by atoms with Gasteiger partial charge in [-0.3, -0.25) is 5.32 Å². The summed E-state index contributed by atoms with van der Waals surface area (Å²) in [5.41, 5.74) is -0.430. The molecule has 1 N–H and O–H groups in total. The highest BCUT2D eigenvalue weighted by Gasteiger charge is 2.45. The van der Waals surface area contributed by atoms with Gasteiger partial charge in [-0.05, 0) is 31.2 Å². The topological polar surface area (TPSA) is 45.0 Å². The second-order valence-electron chi connectivity index (χ2n) is 5.09. The molecule has 0 bridgehead atoms. The molecule has 0 aromatic rings. The third-order valence-corrected chi connectivity index (χ3v) is 3.80. The molecule has 3 nitrogen and oxygen atoms in total. The second kappa shape index (κ2) is 6.98. The summed E-state index contributed by atoms with van der Waals surface area (Å²) in [6.07, 6.45) is 4.63. The van der Waals surface area contributed by atoms with Crippen LogP contribution in [0, 0.1) is 23.2 Å². The number of hydrogen-bond donors (Lipinski definition) is 1. The van der Waals surface area contributed by atoms with Gasteiger partial charge >= 0.3 is 0 Å². The molecule has 1 atom stereocenters. The van der Waals surface area contributed by atoms with Crippen LogP contribution in [0.4, 0.5) is 0 Å². The largest absolute Gasteiger partial charge is 0.378 e. The maximum atomic E-state index is 9.41. The first-order chi connectivity index (χ1) is 8.22. The minimum atomic E-state index is -0.430. The smallest absolute Gasteiger partial charge is 0.133 e. The Kier molecular flexibility index (Phi) is 5.94. The van der Waals surface area contributed by atoms with Crippen LogP contribution in [-0.2, 0) is 4.74 Å². The van der Waals surface area contributed by atoms with Gasteiger partial charge in [0.15, 0.2) is 0 Å². The number of likely N-dealkylation sites (N-methyl/N-ethyl adjacent to an activating group) is 1. The third-order valence-electron chi connectivity index (χ3n) is 3.80. The lowest BCUT2D eigenvalue weighted by Gasteiger charge is -2.28. The minimum Gasteiger partial charge on any atom is -0.378 e. The van der Waals surface area contributed by atoms with Gasteiger partial charge in [-0.25, -0.2) is 0 Å². The fraction of sp³-hybridized carbons (Fsp3) is 0.929. The van der Waals surface area contributed by atoms with E-state index in [9.17, 15) is 5.26 Å². The predicted octanol–water partition coefficient (Wildman–Crippen LogP) is 2.72. The average Bonchev–Trinajstić information content (AvgIpc) is 3.18. The normalized spacial score (nSPS) is 19.0. The Labute approximate surface area is 106 Å². The molecule has 1 saturated carbocycles. The van der Waals surface area contributed by atoms with Crippen molar-refractivity contribution in [1.82, 2.24) is 5.32 Å². The summed E-state index contributed by atoms with van der Waals surface area (Å²) in [5, 5.41) is 12.7. The van der Waals surface area contributed by atoms with Gasteiger partial charge < -0.3 is 4.74 Å². The summed E-state index contributed by atoms with van der Waals surface area (Å²) in [4.78, 5) is 0. The molecular weight excluding hydrogens is 212 g/mol. The lowest BCUT2D eigenvalue weighted by molar-refractivity contribution is 0.0552. The van der Waals surface area contributed by atoms with Crippen LogP contribution < -0.4 is 5.32 Å². The number of rotatable bonds is 9. The van der Waals surface area contributed by atoms with E-state index in [0.717, 1.165) is 38.8 Å². The first-order valence-electron chi connectivity index (χ1n) is 6.96. The van der Waals surface area contributed by atoms with Gasteiger partial charge in [-0.15, -0.1) is 0 Å². The molecule has 98 valence electrons. The van der Waals surface area contributed by atoms with Crippen LogP contribution >= 0.6 is 0 Å². The number of nitrogens with zero attached hydrogens (tertiary/aromatic N) is 1. The number of nitrogens with one attached hydrogen (secondary N) is 1. The highest BCUT2D eigenvalue weighted by atomic mass is 16.5. The first kappa shape index (κ1) is 14.5. The molecule has 0 aromatic carbocycles. The Morgan fingerprint density at radius 3 is 2.41 bits per heavy atom. The van der Waals surface area contributed by atoms with Crippen LogP contribution in [-0.4, -0.2) is 25.3 Å². The molecule has 0 aliphatic heterocycles. The fourth-order valence-electron chi connectivity index (χ4n) is 2.28. The van der Waals surface area contributed by atoms with Crippen molar-refractivity contribution < 1.29 is 4.74 Å². The molecule has 0 spiro atoms. The van der Waals surface area contributed by atoms with Crippen LogP contribution in [0.1, 0.15) is 46.5 Å². The molecule has 0 radical (unpaired) electrons. The van der Waals surface area contributed by atoms with Crippen molar-refractivity contribution in [2.24, 2.45) is 11.8 Å². The Morgan fingerprint density at radius 2 is 2.00 bits per heavy atom. The van der Waals surface area contributed by atoms with Crippen molar-refractivity contribution in [3.05, 3.63) is 0 Å². The van der Waals surface area contributed by atoms with E-state index in [0.29, 0.717) is 18.4 Å². The Balaban J connectivity index is 2.41. The average molecular weight is 238 g/mol. The molecule has 17 heavy (non-hydrogen) atoms. The Morgan fingerprint density at radius 1 is 1.35 bits per heavy atom. The lowest BCUT2D eigenvalue weighted by Crippen LogP contribution is -2.50. The highest BCUT2D eigenvalue weighted by molar-refractivity contribution is 5.15. The summed E-state index contributed by atoms with van der Waals surface area (Å²) in [6, 6.07) is 2.45. The van der Waals surface area contributed by atoms with Crippen LogP contribution in [0.15, 0.2) is 0 Å². The molecule has 1 rings (SSSR count). The molecule has 1 aliphatic rings. The molecule has 0 saturated heterocycles. The Bertz CT molecular complexity index is 253. The van der Waals surface area contributed by atoms with Crippen molar-refractivity contribution in [3.8, 4) is 6.07 Å². The number of ether oxygens (including phenoxy) is 1. The molecular formula is C14H26N2O. The van der Waals surface area contributed by atoms with Gasteiger partial charge in [0, 0.05) is 6.61 Å². The maximum Gasteiger partial charge on any atom is 0.133 e. The van der Waals surface area contributed by atoms with Gasteiger partial charge in [0.1, 0.15) is 5.54 Å². The van der Waals surface area contributed by atoms with Crippen molar-refractivity contribution in [2.45, 2.75) is 52.0 Å². The van der Waals surface area contributed by atoms with E-state index in [1.54, 1.807) is 0 Å². The molecule has 3 heteroatoms. The summed E-state index contributed by atoms with van der Waals surface area (Å²) in [6.45, 7) is 8.60. The zero-order valence-corrected chi connectivity index (χ0v) is 11.5. The maximum absolute atomic E-state index is 9.41. The van der Waals surface area contributed by atoms with Crippen LogP contribution in [0.5, 0.6) is 0 Å². The zero-order chi connectivity index (χ0) is 12.7.